The van der Waals surface area contributed by atoms with Gasteiger partial charge in [-0.2, -0.15) is 0 Å². The van der Waals surface area contributed by atoms with Gasteiger partial charge < -0.3 is 0 Å². The van der Waals surface area contributed by atoms with E-state index in [1.165, 1.54) is 16.7 Å². The third kappa shape index (κ3) is 2.48. The number of thiol groups is 1. The first kappa shape index (κ1) is 10.6. The van der Waals surface area contributed by atoms with Gasteiger partial charge in [0.05, 0.1) is 0 Å². The van der Waals surface area contributed by atoms with Crippen LogP contribution >= 0.6 is 12.8 Å². The summed E-state index contributed by atoms with van der Waals surface area (Å²) >= 11 is 4.12. The molecule has 1 unspecified atom stereocenters. The van der Waals surface area contributed by atoms with Gasteiger partial charge in [0.1, 0.15) is 0 Å². The lowest BCUT2D eigenvalue weighted by Gasteiger charge is -2.14. The van der Waals surface area contributed by atoms with Gasteiger partial charge in [-0.1, -0.05) is 37.9 Å². The van der Waals surface area contributed by atoms with Crippen LogP contribution < -0.4 is 4.72 Å². The lowest BCUT2D eigenvalue weighted by atomic mass is 10.0. The van der Waals surface area contributed by atoms with Gasteiger partial charge in [0, 0.05) is 6.04 Å². The number of hydrogen-bond donors (Lipinski definition) is 2. The monoisotopic (exact) mass is 195 g/mol. The summed E-state index contributed by atoms with van der Waals surface area (Å²) in [6, 6.07) is 6.92. The standard InChI is InChI=1S/C11H17NS/c1-4-11(12-13)10-6-5-8(2)9(3)7-10/h5-7,11-13H,4H2,1-3H3. The largest absolute Gasteiger partial charge is 0.259 e. The SMILES string of the molecule is CCC(NS)c1ccc(C)c(C)c1. The van der Waals surface area contributed by atoms with Gasteiger partial charge in [-0.05, 0) is 37.0 Å². The van der Waals surface area contributed by atoms with Crippen molar-refractivity contribution in [2.75, 3.05) is 0 Å². The lowest BCUT2D eigenvalue weighted by molar-refractivity contribution is 0.655. The van der Waals surface area contributed by atoms with Gasteiger partial charge in [-0.25, -0.2) is 0 Å². The fourth-order valence-electron chi connectivity index (χ4n) is 1.38. The van der Waals surface area contributed by atoms with Crippen molar-refractivity contribution in [2.45, 2.75) is 33.2 Å². The smallest absolute Gasteiger partial charge is 0.0416 e. The van der Waals surface area contributed by atoms with Crippen molar-refractivity contribution in [3.8, 4) is 0 Å². The maximum atomic E-state index is 4.12. The van der Waals surface area contributed by atoms with Crippen LogP contribution in [0.3, 0.4) is 0 Å². The fraction of sp³-hybridized carbons (Fsp3) is 0.455. The quantitative estimate of drug-likeness (QED) is 0.706. The topological polar surface area (TPSA) is 12.0 Å². The number of benzene rings is 1. The minimum Gasteiger partial charge on any atom is -0.259 e. The molecule has 1 N–H and O–H groups in total. The van der Waals surface area contributed by atoms with E-state index in [0.717, 1.165) is 6.42 Å². The summed E-state index contributed by atoms with van der Waals surface area (Å²) in [4.78, 5) is 0. The zero-order valence-electron chi connectivity index (χ0n) is 8.46. The molecule has 0 fully saturated rings. The zero-order chi connectivity index (χ0) is 9.84. The number of aryl methyl sites for hydroxylation is 2. The van der Waals surface area contributed by atoms with Crippen LogP contribution in [-0.4, -0.2) is 0 Å². The molecule has 0 saturated carbocycles. The van der Waals surface area contributed by atoms with Crippen molar-refractivity contribution < 1.29 is 0 Å². The molecule has 1 atom stereocenters. The molecule has 0 radical (unpaired) electrons. The Kier molecular flexibility index (Phi) is 3.82. The van der Waals surface area contributed by atoms with Crippen LogP contribution in [0, 0.1) is 13.8 Å². The molecule has 1 aromatic rings. The van der Waals surface area contributed by atoms with Crippen molar-refractivity contribution in [3.05, 3.63) is 34.9 Å². The molecule has 0 aromatic heterocycles. The Morgan fingerprint density at radius 1 is 1.31 bits per heavy atom. The molecule has 13 heavy (non-hydrogen) atoms. The Hall–Kier alpha value is -0.470. The molecule has 72 valence electrons. The average molecular weight is 195 g/mol. The van der Waals surface area contributed by atoms with E-state index in [-0.39, 0.29) is 0 Å². The first-order valence-corrected chi connectivity index (χ1v) is 5.10. The summed E-state index contributed by atoms with van der Waals surface area (Å²) in [7, 11) is 0. The minimum absolute atomic E-state index is 0.364. The van der Waals surface area contributed by atoms with Crippen molar-refractivity contribution in [2.24, 2.45) is 0 Å². The van der Waals surface area contributed by atoms with Gasteiger partial charge >= 0.3 is 0 Å². The third-order valence-corrected chi connectivity index (χ3v) is 2.81. The summed E-state index contributed by atoms with van der Waals surface area (Å²) in [5.41, 5.74) is 4.01. The molecule has 0 aliphatic rings. The molecule has 0 aliphatic heterocycles. The number of nitrogens with one attached hydrogen (secondary N) is 1. The molecule has 1 aromatic carbocycles. The normalized spacial score (nSPS) is 12.9. The molecule has 0 amide bonds. The predicted molar refractivity (Wildman–Crippen MR) is 61.1 cm³/mol. The summed E-state index contributed by atoms with van der Waals surface area (Å²) in [6.07, 6.45) is 1.06. The summed E-state index contributed by atoms with van der Waals surface area (Å²) in [6.45, 7) is 6.43. The first-order chi connectivity index (χ1) is 6.19. The van der Waals surface area contributed by atoms with Gasteiger partial charge in [0.25, 0.3) is 0 Å². The van der Waals surface area contributed by atoms with E-state index < -0.39 is 0 Å². The van der Waals surface area contributed by atoms with Crippen LogP contribution in [-0.2, 0) is 0 Å². The molecule has 2 heteroatoms. The van der Waals surface area contributed by atoms with Gasteiger partial charge in [-0.15, -0.1) is 0 Å². The molecule has 0 aliphatic carbocycles. The highest BCUT2D eigenvalue weighted by atomic mass is 32.1. The highest BCUT2D eigenvalue weighted by molar-refractivity contribution is 7.78. The molecule has 0 heterocycles. The van der Waals surface area contributed by atoms with E-state index in [1.54, 1.807) is 0 Å². The Labute approximate surface area is 86.1 Å². The van der Waals surface area contributed by atoms with Crippen molar-refractivity contribution in [3.63, 3.8) is 0 Å². The fourth-order valence-corrected chi connectivity index (χ4v) is 1.71. The van der Waals surface area contributed by atoms with Gasteiger partial charge in [0.15, 0.2) is 0 Å². The molecular weight excluding hydrogens is 178 g/mol. The van der Waals surface area contributed by atoms with E-state index in [0.29, 0.717) is 6.04 Å². The zero-order valence-corrected chi connectivity index (χ0v) is 9.36. The molecule has 0 saturated heterocycles. The van der Waals surface area contributed by atoms with E-state index in [2.05, 4.69) is 56.5 Å². The Morgan fingerprint density at radius 3 is 2.46 bits per heavy atom. The lowest BCUT2D eigenvalue weighted by Crippen LogP contribution is -2.10. The van der Waals surface area contributed by atoms with Crippen LogP contribution in [0.1, 0.15) is 36.1 Å². The maximum Gasteiger partial charge on any atom is 0.0416 e. The second-order valence-corrected chi connectivity index (χ2v) is 3.69. The van der Waals surface area contributed by atoms with Crippen LogP contribution in [0.5, 0.6) is 0 Å². The summed E-state index contributed by atoms with van der Waals surface area (Å²) in [5.74, 6) is 0. The summed E-state index contributed by atoms with van der Waals surface area (Å²) < 4.78 is 3.01. The third-order valence-electron chi connectivity index (χ3n) is 2.50. The van der Waals surface area contributed by atoms with Crippen LogP contribution in [0.4, 0.5) is 0 Å². The molecular formula is C11H17NS. The molecule has 1 rings (SSSR count). The van der Waals surface area contributed by atoms with Crippen molar-refractivity contribution in [1.29, 1.82) is 0 Å². The van der Waals surface area contributed by atoms with Crippen LogP contribution in [0.2, 0.25) is 0 Å². The highest BCUT2D eigenvalue weighted by Crippen LogP contribution is 2.19. The van der Waals surface area contributed by atoms with E-state index >= 15 is 0 Å². The number of hydrogen-bond acceptors (Lipinski definition) is 2. The first-order valence-electron chi connectivity index (χ1n) is 4.65. The average Bonchev–Trinajstić information content (AvgIpc) is 2.13. The van der Waals surface area contributed by atoms with Crippen molar-refractivity contribution in [1.82, 2.24) is 4.72 Å². The van der Waals surface area contributed by atoms with Crippen LogP contribution in [0.15, 0.2) is 18.2 Å². The Morgan fingerprint density at radius 2 is 2.00 bits per heavy atom. The van der Waals surface area contributed by atoms with E-state index in [1.807, 2.05) is 0 Å². The molecule has 0 spiro atoms. The number of rotatable bonds is 3. The minimum atomic E-state index is 0.364. The Balaban J connectivity index is 2.95. The van der Waals surface area contributed by atoms with E-state index in [4.69, 9.17) is 0 Å². The van der Waals surface area contributed by atoms with Gasteiger partial charge in [0.2, 0.25) is 0 Å². The molecule has 1 nitrogen and oxygen atoms in total. The van der Waals surface area contributed by atoms with Crippen LogP contribution in [0.25, 0.3) is 0 Å². The van der Waals surface area contributed by atoms with E-state index in [9.17, 15) is 0 Å². The second-order valence-electron chi connectivity index (χ2n) is 3.43. The van der Waals surface area contributed by atoms with Crippen molar-refractivity contribution >= 4 is 12.8 Å². The van der Waals surface area contributed by atoms with Gasteiger partial charge in [-0.3, -0.25) is 4.72 Å². The Bertz CT molecular complexity index is 279. The maximum absolute atomic E-state index is 4.12. The predicted octanol–water partition coefficient (Wildman–Crippen LogP) is 3.19. The second kappa shape index (κ2) is 4.68. The summed E-state index contributed by atoms with van der Waals surface area (Å²) in [5, 5.41) is 0. The highest BCUT2D eigenvalue weighted by Gasteiger charge is 2.06. The molecule has 0 bridgehead atoms.